The van der Waals surface area contributed by atoms with Crippen LogP contribution in [0.4, 0.5) is 8.78 Å². The highest BCUT2D eigenvalue weighted by Gasteiger charge is 2.58. The summed E-state index contributed by atoms with van der Waals surface area (Å²) in [6.45, 7) is 2.10. The van der Waals surface area contributed by atoms with Crippen molar-refractivity contribution in [2.75, 3.05) is 19.8 Å². The number of carbonyl (C=O) groups excluding carboxylic acids is 1. The second-order valence-corrected chi connectivity index (χ2v) is 11.8. The number of aliphatic hydroxyl groups is 1. The Kier molecular flexibility index (Phi) is 8.10. The van der Waals surface area contributed by atoms with Gasteiger partial charge in [-0.25, -0.2) is 8.78 Å². The van der Waals surface area contributed by atoms with E-state index in [1.54, 1.807) is 31.2 Å². The van der Waals surface area contributed by atoms with E-state index >= 15 is 8.78 Å². The van der Waals surface area contributed by atoms with Crippen LogP contribution in [0.3, 0.4) is 0 Å². The van der Waals surface area contributed by atoms with Crippen molar-refractivity contribution in [3.63, 3.8) is 0 Å². The van der Waals surface area contributed by atoms with Gasteiger partial charge in [-0.1, -0.05) is 54.4 Å². The lowest BCUT2D eigenvalue weighted by Gasteiger charge is -2.45. The van der Waals surface area contributed by atoms with Crippen molar-refractivity contribution in [2.24, 2.45) is 0 Å². The predicted octanol–water partition coefficient (Wildman–Crippen LogP) is 6.38. The molecule has 42 heavy (non-hydrogen) atoms. The van der Waals surface area contributed by atoms with Gasteiger partial charge in [0, 0.05) is 15.6 Å². The Labute approximate surface area is 251 Å². The molecule has 2 N–H and O–H groups in total. The summed E-state index contributed by atoms with van der Waals surface area (Å²) in [6.07, 6.45) is -0.371. The molecule has 1 unspecified atom stereocenters. The zero-order valence-electron chi connectivity index (χ0n) is 22.9. The summed E-state index contributed by atoms with van der Waals surface area (Å²) in [5.74, 6) is -2.88. The van der Waals surface area contributed by atoms with Gasteiger partial charge in [-0.15, -0.1) is 0 Å². The predicted molar refractivity (Wildman–Crippen MR) is 152 cm³/mol. The van der Waals surface area contributed by atoms with Crippen molar-refractivity contribution in [1.82, 2.24) is 4.90 Å². The second-order valence-electron chi connectivity index (χ2n) is 10.9. The van der Waals surface area contributed by atoms with Gasteiger partial charge in [-0.3, -0.25) is 14.5 Å². The Hall–Kier alpha value is -3.08. The zero-order valence-corrected chi connectivity index (χ0v) is 24.4. The number of aliphatic carboxylic acids is 1. The molecule has 3 atom stereocenters. The molecule has 3 aromatic rings. The van der Waals surface area contributed by atoms with Crippen LogP contribution in [0.1, 0.15) is 65.3 Å². The highest BCUT2D eigenvalue weighted by Crippen LogP contribution is 2.52. The summed E-state index contributed by atoms with van der Waals surface area (Å²) in [5.41, 5.74) is -5.12. The zero-order chi connectivity index (χ0) is 30.4. The highest BCUT2D eigenvalue weighted by atomic mass is 35.5. The molecule has 11 heteroatoms. The molecule has 0 saturated carbocycles. The molecule has 0 radical (unpaired) electrons. The van der Waals surface area contributed by atoms with E-state index in [1.165, 1.54) is 37.3 Å². The van der Waals surface area contributed by atoms with E-state index in [2.05, 4.69) is 0 Å². The minimum atomic E-state index is -2.12. The number of carboxylic acid groups (broad SMARTS) is 1. The third-order valence-electron chi connectivity index (χ3n) is 7.96. The molecule has 1 amide bonds. The van der Waals surface area contributed by atoms with Gasteiger partial charge in [0.2, 0.25) is 5.72 Å². The maximum atomic E-state index is 16.5. The maximum Gasteiger partial charge on any atom is 0.305 e. The first-order valence-corrected chi connectivity index (χ1v) is 14.1. The van der Waals surface area contributed by atoms with Gasteiger partial charge in [0.05, 0.1) is 49.0 Å². The van der Waals surface area contributed by atoms with Crippen molar-refractivity contribution in [3.05, 3.63) is 104 Å². The van der Waals surface area contributed by atoms with Crippen molar-refractivity contribution >= 4 is 35.1 Å². The molecule has 5 rings (SSSR count). The Morgan fingerprint density at radius 1 is 1.12 bits per heavy atom. The minimum absolute atomic E-state index is 0.143. The van der Waals surface area contributed by atoms with Crippen LogP contribution in [-0.2, 0) is 25.6 Å². The number of nitrogens with zero attached hydrogens (tertiary/aromatic N) is 1. The normalized spacial score (nSPS) is 21.4. The number of carbonyl (C=O) groups is 2. The van der Waals surface area contributed by atoms with Gasteiger partial charge in [-0.05, 0) is 60.9 Å². The molecule has 1 fully saturated rings. The fourth-order valence-electron chi connectivity index (χ4n) is 5.42. The average Bonchev–Trinajstić information content (AvgIpc) is 3.19. The smallest absolute Gasteiger partial charge is 0.305 e. The largest absolute Gasteiger partial charge is 0.481 e. The molecule has 1 saturated heterocycles. The van der Waals surface area contributed by atoms with Crippen LogP contribution in [-0.4, -0.2) is 52.5 Å². The first-order chi connectivity index (χ1) is 19.8. The molecular formula is C31H29Cl2F2NO6. The number of hydrogen-bond acceptors (Lipinski definition) is 5. The van der Waals surface area contributed by atoms with E-state index < -0.39 is 53.8 Å². The number of halogens is 4. The van der Waals surface area contributed by atoms with Crippen molar-refractivity contribution in [1.29, 1.82) is 0 Å². The Morgan fingerprint density at radius 2 is 1.71 bits per heavy atom. The number of alkyl halides is 1. The van der Waals surface area contributed by atoms with Crippen LogP contribution in [0.15, 0.2) is 60.7 Å². The van der Waals surface area contributed by atoms with E-state index in [4.69, 9.17) is 32.7 Å². The van der Waals surface area contributed by atoms with Gasteiger partial charge in [0.25, 0.3) is 5.91 Å². The molecule has 0 spiro atoms. The first kappa shape index (κ1) is 30.4. The number of amides is 1. The average molecular weight is 620 g/mol. The van der Waals surface area contributed by atoms with E-state index in [0.29, 0.717) is 15.6 Å². The van der Waals surface area contributed by atoms with Gasteiger partial charge in [-0.2, -0.15) is 0 Å². The summed E-state index contributed by atoms with van der Waals surface area (Å²) in [4.78, 5) is 27.9. The lowest BCUT2D eigenvalue weighted by molar-refractivity contribution is -0.209. The van der Waals surface area contributed by atoms with Crippen molar-refractivity contribution < 1.29 is 38.1 Å². The van der Waals surface area contributed by atoms with E-state index in [9.17, 15) is 19.8 Å². The van der Waals surface area contributed by atoms with Crippen LogP contribution in [0.2, 0.25) is 10.0 Å². The monoisotopic (exact) mass is 619 g/mol. The third-order valence-corrected chi connectivity index (χ3v) is 8.46. The quantitative estimate of drug-likeness (QED) is 0.273. The third kappa shape index (κ3) is 5.29. The SMILES string of the molecule is CCC(C)(O)c1cc(F)c2c(c1)C(=O)N([C@@H](CC(=O)O)c1ccc(Cl)cc1)[C@@]2(OCC1(F)COC1)c1ccc(Cl)cc1. The summed E-state index contributed by atoms with van der Waals surface area (Å²) in [7, 11) is 0. The Morgan fingerprint density at radius 3 is 2.24 bits per heavy atom. The van der Waals surface area contributed by atoms with Crippen molar-refractivity contribution in [3.8, 4) is 0 Å². The molecule has 0 aliphatic carbocycles. The number of benzene rings is 3. The standard InChI is InChI=1S/C31H29Cl2F2NO6/c1-3-29(2,40)20-12-23-27(24(34)13-20)31(19-6-10-22(33)11-7-19,42-17-30(35)15-41-16-30)36(28(23)39)25(14-26(37)38)18-4-8-21(32)9-5-18/h4-13,25,40H,3,14-17H2,1-2H3,(H,37,38)/t25-,29?,31+/m0/s1. The molecule has 222 valence electrons. The van der Waals surface area contributed by atoms with Crippen LogP contribution in [0.5, 0.6) is 0 Å². The van der Waals surface area contributed by atoms with Gasteiger partial charge < -0.3 is 19.7 Å². The molecule has 2 aliphatic rings. The second kappa shape index (κ2) is 11.2. The summed E-state index contributed by atoms with van der Waals surface area (Å²) >= 11 is 12.3. The van der Waals surface area contributed by atoms with Crippen LogP contribution in [0.25, 0.3) is 0 Å². The van der Waals surface area contributed by atoms with Gasteiger partial charge >= 0.3 is 5.97 Å². The van der Waals surface area contributed by atoms with Crippen molar-refractivity contribution in [2.45, 2.75) is 49.7 Å². The lowest BCUT2D eigenvalue weighted by atomic mass is 9.86. The van der Waals surface area contributed by atoms with E-state index in [0.717, 1.165) is 11.0 Å². The van der Waals surface area contributed by atoms with Crippen LogP contribution < -0.4 is 0 Å². The molecule has 7 nitrogen and oxygen atoms in total. The number of carboxylic acids is 1. The molecular weight excluding hydrogens is 591 g/mol. The molecule has 0 aromatic heterocycles. The highest BCUT2D eigenvalue weighted by molar-refractivity contribution is 6.30. The lowest BCUT2D eigenvalue weighted by Crippen LogP contribution is -2.55. The van der Waals surface area contributed by atoms with Crippen LogP contribution in [0, 0.1) is 5.82 Å². The summed E-state index contributed by atoms with van der Waals surface area (Å²) < 4.78 is 43.3. The minimum Gasteiger partial charge on any atom is -0.481 e. The number of rotatable bonds is 10. The molecule has 2 heterocycles. The summed E-state index contributed by atoms with van der Waals surface area (Å²) in [6, 6.07) is 13.6. The van der Waals surface area contributed by atoms with E-state index in [-0.39, 0.29) is 41.9 Å². The number of ether oxygens (including phenoxy) is 2. The Balaban J connectivity index is 1.83. The van der Waals surface area contributed by atoms with Gasteiger partial charge in [0.15, 0.2) is 5.67 Å². The Bertz CT molecular complexity index is 1510. The number of hydrogen-bond donors (Lipinski definition) is 2. The summed E-state index contributed by atoms with van der Waals surface area (Å²) in [5, 5.41) is 21.7. The number of fused-ring (bicyclic) bond motifs is 1. The molecule has 3 aromatic carbocycles. The molecule has 2 aliphatic heterocycles. The fraction of sp³-hybridized carbons (Fsp3) is 0.355. The molecule has 0 bridgehead atoms. The van der Waals surface area contributed by atoms with E-state index in [1.807, 2.05) is 0 Å². The van der Waals surface area contributed by atoms with Crippen LogP contribution >= 0.6 is 23.2 Å². The topological polar surface area (TPSA) is 96.3 Å². The van der Waals surface area contributed by atoms with Gasteiger partial charge in [0.1, 0.15) is 5.82 Å². The maximum absolute atomic E-state index is 16.5. The fourth-order valence-corrected chi connectivity index (χ4v) is 5.67. The first-order valence-electron chi connectivity index (χ1n) is 13.4.